The van der Waals surface area contributed by atoms with Gasteiger partial charge in [-0.05, 0) is 72.3 Å². The molecule has 4 aromatic rings. The second-order valence-electron chi connectivity index (χ2n) is 9.86. The van der Waals surface area contributed by atoms with Gasteiger partial charge in [-0.2, -0.15) is 0 Å². The van der Waals surface area contributed by atoms with Crippen LogP contribution in [0.25, 0.3) is 10.9 Å². The highest BCUT2D eigenvalue weighted by molar-refractivity contribution is 5.80. The van der Waals surface area contributed by atoms with Gasteiger partial charge >= 0.3 is 0 Å². The third-order valence-electron chi connectivity index (χ3n) is 6.66. The summed E-state index contributed by atoms with van der Waals surface area (Å²) >= 11 is 0. The van der Waals surface area contributed by atoms with Gasteiger partial charge in [0.15, 0.2) is 5.82 Å². The van der Waals surface area contributed by atoms with E-state index >= 15 is 0 Å². The number of aromatic nitrogens is 5. The number of aromatic amines is 1. The molecule has 186 valence electrons. The van der Waals surface area contributed by atoms with Crippen molar-refractivity contribution in [1.29, 1.82) is 0 Å². The minimum absolute atomic E-state index is 0.133. The van der Waals surface area contributed by atoms with Crippen LogP contribution in [0.4, 0.5) is 0 Å². The van der Waals surface area contributed by atoms with Gasteiger partial charge in [0.2, 0.25) is 0 Å². The van der Waals surface area contributed by atoms with Gasteiger partial charge in [0.05, 0.1) is 37.0 Å². The number of H-pyrrole nitrogens is 1. The van der Waals surface area contributed by atoms with Crippen molar-refractivity contribution in [3.05, 3.63) is 70.2 Å². The first-order chi connectivity index (χ1) is 16.7. The molecule has 3 heterocycles. The quantitative estimate of drug-likeness (QED) is 0.354. The summed E-state index contributed by atoms with van der Waals surface area (Å²) in [4.78, 5) is 18.4. The lowest BCUT2D eigenvalue weighted by atomic mass is 9.97. The van der Waals surface area contributed by atoms with Crippen molar-refractivity contribution < 1.29 is 9.15 Å². The number of hydrogen-bond acceptors (Lipinski definition) is 7. The highest BCUT2D eigenvalue weighted by Gasteiger charge is 2.34. The van der Waals surface area contributed by atoms with E-state index in [-0.39, 0.29) is 23.1 Å². The lowest BCUT2D eigenvalue weighted by Crippen LogP contribution is -2.38. The molecule has 9 nitrogen and oxygen atoms in total. The van der Waals surface area contributed by atoms with E-state index in [1.807, 2.05) is 41.1 Å². The Labute approximate surface area is 205 Å². The fraction of sp³-hybridized carbons (Fsp3) is 0.462. The molecular weight excluding hydrogens is 444 g/mol. The number of ether oxygens (including phenoxy) is 1. The smallest absolute Gasteiger partial charge is 0.252 e. The number of pyridine rings is 1. The van der Waals surface area contributed by atoms with Crippen molar-refractivity contribution in [3.63, 3.8) is 0 Å². The van der Waals surface area contributed by atoms with E-state index in [9.17, 15) is 4.79 Å². The second kappa shape index (κ2) is 10.0. The Balaban J connectivity index is 1.78. The summed E-state index contributed by atoms with van der Waals surface area (Å²) in [5.74, 6) is 2.46. The van der Waals surface area contributed by atoms with Crippen molar-refractivity contribution in [1.82, 2.24) is 30.1 Å². The number of hydrogen-bond donors (Lipinski definition) is 1. The van der Waals surface area contributed by atoms with Crippen LogP contribution in [0.2, 0.25) is 0 Å². The van der Waals surface area contributed by atoms with E-state index in [0.29, 0.717) is 24.4 Å². The van der Waals surface area contributed by atoms with Crippen molar-refractivity contribution >= 4 is 10.9 Å². The summed E-state index contributed by atoms with van der Waals surface area (Å²) in [6.45, 7) is 11.6. The second-order valence-corrected chi connectivity index (χ2v) is 9.86. The van der Waals surface area contributed by atoms with E-state index in [1.165, 1.54) is 0 Å². The van der Waals surface area contributed by atoms with Crippen LogP contribution in [-0.4, -0.2) is 37.2 Å². The molecule has 0 radical (unpaired) electrons. The number of nitrogens with one attached hydrogen (secondary N) is 1. The van der Waals surface area contributed by atoms with Crippen LogP contribution < -0.4 is 10.3 Å². The monoisotopic (exact) mass is 478 g/mol. The Morgan fingerprint density at radius 2 is 2.00 bits per heavy atom. The van der Waals surface area contributed by atoms with Gasteiger partial charge in [0, 0.05) is 18.2 Å². The molecule has 0 aliphatic heterocycles. The molecule has 0 spiro atoms. The molecule has 3 aromatic heterocycles. The molecule has 0 saturated heterocycles. The van der Waals surface area contributed by atoms with Crippen molar-refractivity contribution in [3.8, 4) is 5.75 Å². The average Bonchev–Trinajstić information content (AvgIpc) is 3.52. The van der Waals surface area contributed by atoms with Crippen LogP contribution in [0.1, 0.15) is 64.2 Å². The molecule has 1 atom stereocenters. The first kappa shape index (κ1) is 24.7. The fourth-order valence-corrected chi connectivity index (χ4v) is 4.39. The maximum absolute atomic E-state index is 13.1. The fourth-order valence-electron chi connectivity index (χ4n) is 4.39. The molecule has 0 fully saturated rings. The van der Waals surface area contributed by atoms with Gasteiger partial charge in [0.25, 0.3) is 5.56 Å². The zero-order valence-electron chi connectivity index (χ0n) is 21.3. The van der Waals surface area contributed by atoms with Crippen molar-refractivity contribution in [2.75, 3.05) is 7.11 Å². The molecule has 0 aliphatic rings. The molecule has 1 N–H and O–H groups in total. The van der Waals surface area contributed by atoms with Gasteiger partial charge in [-0.25, -0.2) is 4.68 Å². The molecule has 1 unspecified atom stereocenters. The Morgan fingerprint density at radius 1 is 1.20 bits per heavy atom. The van der Waals surface area contributed by atoms with Crippen LogP contribution in [-0.2, 0) is 18.6 Å². The zero-order valence-corrected chi connectivity index (χ0v) is 21.3. The largest absolute Gasteiger partial charge is 0.497 e. The lowest BCUT2D eigenvalue weighted by Gasteiger charge is -2.35. The van der Waals surface area contributed by atoms with Crippen LogP contribution in [0.3, 0.4) is 0 Å². The highest BCUT2D eigenvalue weighted by atomic mass is 16.5. The van der Waals surface area contributed by atoms with Gasteiger partial charge in [-0.1, -0.05) is 20.8 Å². The molecule has 1 aromatic carbocycles. The first-order valence-electron chi connectivity index (χ1n) is 12.0. The summed E-state index contributed by atoms with van der Waals surface area (Å²) < 4.78 is 12.9. The molecule has 0 bridgehead atoms. The summed E-state index contributed by atoms with van der Waals surface area (Å²) in [6.07, 6.45) is 2.54. The van der Waals surface area contributed by atoms with Gasteiger partial charge in [-0.15, -0.1) is 5.10 Å². The van der Waals surface area contributed by atoms with E-state index in [2.05, 4.69) is 60.0 Å². The normalized spacial score (nSPS) is 13.1. The molecule has 35 heavy (non-hydrogen) atoms. The predicted octanol–water partition coefficient (Wildman–Crippen LogP) is 4.66. The molecule has 0 amide bonds. The van der Waals surface area contributed by atoms with Crippen molar-refractivity contribution in [2.45, 2.75) is 65.7 Å². The SMILES string of the molecule is CCC(C)(C)n1nnnc1C(C(C)C)N(Cc1ccco1)Cc1cc2ccc(OC)cc2[nH]c1=O. The Bertz CT molecular complexity index is 1320. The zero-order chi connectivity index (χ0) is 25.2. The maximum Gasteiger partial charge on any atom is 0.252 e. The van der Waals surface area contributed by atoms with Crippen LogP contribution in [0, 0.1) is 5.92 Å². The molecule has 4 rings (SSSR count). The Morgan fingerprint density at radius 3 is 2.66 bits per heavy atom. The average molecular weight is 479 g/mol. The molecule has 9 heteroatoms. The highest BCUT2D eigenvalue weighted by Crippen LogP contribution is 2.33. The molecule has 0 aliphatic carbocycles. The van der Waals surface area contributed by atoms with Crippen LogP contribution in [0.15, 0.2) is 51.9 Å². The van der Waals surface area contributed by atoms with Crippen LogP contribution >= 0.6 is 0 Å². The number of furan rings is 1. The number of rotatable bonds is 10. The molecule has 0 saturated carbocycles. The van der Waals surface area contributed by atoms with Gasteiger partial charge in [0.1, 0.15) is 11.5 Å². The topological polar surface area (TPSA) is 102 Å². The van der Waals surface area contributed by atoms with Crippen LogP contribution in [0.5, 0.6) is 5.75 Å². The van der Waals surface area contributed by atoms with E-state index < -0.39 is 0 Å². The van der Waals surface area contributed by atoms with Gasteiger partial charge in [-0.3, -0.25) is 9.69 Å². The summed E-state index contributed by atoms with van der Waals surface area (Å²) in [7, 11) is 1.61. The molecular formula is C26H34N6O3. The Kier molecular flexibility index (Phi) is 7.07. The number of benzene rings is 1. The first-order valence-corrected chi connectivity index (χ1v) is 12.0. The summed E-state index contributed by atoms with van der Waals surface area (Å²) in [5.41, 5.74) is 1.02. The minimum atomic E-state index is -0.248. The number of tetrazole rings is 1. The minimum Gasteiger partial charge on any atom is -0.497 e. The predicted molar refractivity (Wildman–Crippen MR) is 134 cm³/mol. The van der Waals surface area contributed by atoms with E-state index in [1.54, 1.807) is 13.4 Å². The number of nitrogens with zero attached hydrogens (tertiary/aromatic N) is 5. The number of fused-ring (bicyclic) bond motifs is 1. The number of methoxy groups -OCH3 is 1. The van der Waals surface area contributed by atoms with E-state index in [0.717, 1.165) is 28.9 Å². The third-order valence-corrected chi connectivity index (χ3v) is 6.66. The van der Waals surface area contributed by atoms with E-state index in [4.69, 9.17) is 9.15 Å². The van der Waals surface area contributed by atoms with Crippen molar-refractivity contribution in [2.24, 2.45) is 5.92 Å². The third kappa shape index (κ3) is 5.14. The lowest BCUT2D eigenvalue weighted by molar-refractivity contribution is 0.109. The standard InChI is InChI=1S/C26H34N6O3/c1-7-26(4,5)32-24(28-29-30-32)23(17(2)3)31(16-21-9-8-12-35-21)15-19-13-18-10-11-20(34-6)14-22(18)27-25(19)33/h8-14,17,23H,7,15-16H2,1-6H3,(H,27,33). The van der Waals surface area contributed by atoms with Gasteiger partial charge < -0.3 is 14.1 Å². The summed E-state index contributed by atoms with van der Waals surface area (Å²) in [6, 6.07) is 11.3. The summed E-state index contributed by atoms with van der Waals surface area (Å²) in [5, 5.41) is 13.8. The Hall–Kier alpha value is -3.46. The maximum atomic E-state index is 13.1.